The summed E-state index contributed by atoms with van der Waals surface area (Å²) in [7, 11) is 1.37. The van der Waals surface area contributed by atoms with Crippen LogP contribution in [0.15, 0.2) is 31.2 Å². The van der Waals surface area contributed by atoms with Crippen molar-refractivity contribution in [3.63, 3.8) is 0 Å². The molecule has 2 aromatic rings. The summed E-state index contributed by atoms with van der Waals surface area (Å²) in [4.78, 5) is 11.4. The Hall–Kier alpha value is -2.00. The Morgan fingerprint density at radius 1 is 1.52 bits per heavy atom. The summed E-state index contributed by atoms with van der Waals surface area (Å²) >= 11 is 3.97. The molecule has 0 fully saturated rings. The molecule has 7 nitrogen and oxygen atoms in total. The molecule has 0 saturated carbocycles. The SMILES string of the molecule is CCc1nnc(S/C(=C/c2cc(Br)c([O-])c(OC)c2)C(=O)O)o1. The van der Waals surface area contributed by atoms with E-state index >= 15 is 0 Å². The number of carboxylic acid groups (broad SMARTS) is 1. The van der Waals surface area contributed by atoms with Crippen molar-refractivity contribution in [1.29, 1.82) is 0 Å². The number of aliphatic carboxylic acids is 1. The van der Waals surface area contributed by atoms with Crippen LogP contribution in [0.2, 0.25) is 0 Å². The second kappa shape index (κ2) is 7.51. The van der Waals surface area contributed by atoms with Gasteiger partial charge in [-0.25, -0.2) is 4.79 Å². The van der Waals surface area contributed by atoms with E-state index in [-0.39, 0.29) is 26.1 Å². The number of methoxy groups -OCH3 is 1. The molecule has 122 valence electrons. The molecule has 0 amide bonds. The number of nitrogens with zero attached hydrogens (tertiary/aromatic N) is 2. The minimum absolute atomic E-state index is 0.0242. The van der Waals surface area contributed by atoms with Crippen molar-refractivity contribution in [3.8, 4) is 11.5 Å². The molecule has 0 aliphatic heterocycles. The molecule has 1 N–H and O–H groups in total. The summed E-state index contributed by atoms with van der Waals surface area (Å²) in [5.41, 5.74) is 0.494. The highest BCUT2D eigenvalue weighted by molar-refractivity contribution is 9.10. The van der Waals surface area contributed by atoms with Crippen LogP contribution in [0.1, 0.15) is 18.4 Å². The zero-order chi connectivity index (χ0) is 17.0. The monoisotopic (exact) mass is 399 g/mol. The van der Waals surface area contributed by atoms with Crippen LogP contribution in [0.5, 0.6) is 11.5 Å². The first-order valence-electron chi connectivity index (χ1n) is 6.44. The van der Waals surface area contributed by atoms with Crippen molar-refractivity contribution in [2.45, 2.75) is 18.6 Å². The lowest BCUT2D eigenvalue weighted by Gasteiger charge is -2.15. The minimum Gasteiger partial charge on any atom is -0.869 e. The Labute approximate surface area is 144 Å². The Bertz CT molecular complexity index is 760. The van der Waals surface area contributed by atoms with E-state index in [9.17, 15) is 15.0 Å². The summed E-state index contributed by atoms with van der Waals surface area (Å²) in [6.07, 6.45) is 1.96. The van der Waals surface area contributed by atoms with Gasteiger partial charge in [-0.3, -0.25) is 0 Å². The third-order valence-corrected chi connectivity index (χ3v) is 4.15. The molecule has 0 aliphatic carbocycles. The maximum atomic E-state index is 11.8. The van der Waals surface area contributed by atoms with Gasteiger partial charge in [0, 0.05) is 10.9 Å². The van der Waals surface area contributed by atoms with E-state index in [1.165, 1.54) is 25.3 Å². The van der Waals surface area contributed by atoms with Crippen molar-refractivity contribution < 1.29 is 24.2 Å². The van der Waals surface area contributed by atoms with Gasteiger partial charge >= 0.3 is 5.97 Å². The number of benzene rings is 1. The number of aromatic nitrogens is 2. The van der Waals surface area contributed by atoms with Gasteiger partial charge in [-0.1, -0.05) is 28.6 Å². The first-order chi connectivity index (χ1) is 10.9. The Morgan fingerprint density at radius 3 is 2.83 bits per heavy atom. The number of rotatable bonds is 6. The fourth-order valence-electron chi connectivity index (χ4n) is 1.63. The highest BCUT2D eigenvalue weighted by atomic mass is 79.9. The van der Waals surface area contributed by atoms with Gasteiger partial charge in [-0.2, -0.15) is 0 Å². The van der Waals surface area contributed by atoms with E-state index in [1.807, 2.05) is 6.92 Å². The number of carboxylic acids is 1. The van der Waals surface area contributed by atoms with Crippen molar-refractivity contribution in [3.05, 3.63) is 33.0 Å². The molecule has 0 bridgehead atoms. The van der Waals surface area contributed by atoms with E-state index in [0.29, 0.717) is 17.9 Å². The Morgan fingerprint density at radius 2 is 2.26 bits per heavy atom. The third-order valence-electron chi connectivity index (χ3n) is 2.71. The summed E-state index contributed by atoms with van der Waals surface area (Å²) < 4.78 is 10.6. The highest BCUT2D eigenvalue weighted by Crippen LogP contribution is 2.35. The highest BCUT2D eigenvalue weighted by Gasteiger charge is 2.15. The molecule has 0 saturated heterocycles. The number of carbonyl (C=O) groups is 1. The fourth-order valence-corrected chi connectivity index (χ4v) is 2.78. The van der Waals surface area contributed by atoms with Gasteiger partial charge in [0.05, 0.1) is 7.11 Å². The Kier molecular flexibility index (Phi) is 5.67. The molecule has 0 aliphatic rings. The summed E-state index contributed by atoms with van der Waals surface area (Å²) in [6, 6.07) is 2.97. The van der Waals surface area contributed by atoms with Crippen LogP contribution < -0.4 is 9.84 Å². The van der Waals surface area contributed by atoms with Gasteiger partial charge in [-0.05, 0) is 35.5 Å². The number of aryl methyl sites for hydroxylation is 1. The third kappa shape index (κ3) is 4.26. The average Bonchev–Trinajstić information content (AvgIpc) is 2.97. The van der Waals surface area contributed by atoms with Gasteiger partial charge in [-0.15, -0.1) is 10.2 Å². The molecular formula is C14H12BrN2O5S-. The minimum atomic E-state index is -1.15. The number of hydrogen-bond acceptors (Lipinski definition) is 7. The molecule has 2 rings (SSSR count). The topological polar surface area (TPSA) is 109 Å². The molecule has 0 unspecified atom stereocenters. The average molecular weight is 400 g/mol. The Balaban J connectivity index is 2.35. The second-order valence-corrected chi connectivity index (χ2v) is 6.11. The molecule has 1 heterocycles. The van der Waals surface area contributed by atoms with Crippen LogP contribution in [-0.2, 0) is 11.2 Å². The molecule has 9 heteroatoms. The van der Waals surface area contributed by atoms with Gasteiger partial charge in [0.15, 0.2) is 0 Å². The van der Waals surface area contributed by atoms with Gasteiger partial charge in [0.1, 0.15) is 10.7 Å². The lowest BCUT2D eigenvalue weighted by molar-refractivity contribution is -0.271. The zero-order valence-corrected chi connectivity index (χ0v) is 14.6. The summed E-state index contributed by atoms with van der Waals surface area (Å²) in [5, 5.41) is 28.8. The smallest absolute Gasteiger partial charge is 0.342 e. The summed E-state index contributed by atoms with van der Waals surface area (Å²) in [6.45, 7) is 1.85. The molecule has 23 heavy (non-hydrogen) atoms. The van der Waals surface area contributed by atoms with Gasteiger partial charge in [0.25, 0.3) is 5.22 Å². The number of ether oxygens (including phenoxy) is 1. The van der Waals surface area contributed by atoms with Crippen molar-refractivity contribution in [2.75, 3.05) is 7.11 Å². The van der Waals surface area contributed by atoms with Crippen LogP contribution in [0, 0.1) is 0 Å². The second-order valence-electron chi connectivity index (χ2n) is 4.27. The number of hydrogen-bond donors (Lipinski definition) is 1. The maximum absolute atomic E-state index is 11.8. The van der Waals surface area contributed by atoms with E-state index < -0.39 is 5.97 Å². The molecule has 0 radical (unpaired) electrons. The van der Waals surface area contributed by atoms with Gasteiger partial charge in [0.2, 0.25) is 5.89 Å². The lowest BCUT2D eigenvalue weighted by Crippen LogP contribution is -1.99. The van der Waals surface area contributed by atoms with E-state index in [2.05, 4.69) is 26.1 Å². The lowest BCUT2D eigenvalue weighted by atomic mass is 10.2. The fraction of sp³-hybridized carbons (Fsp3) is 0.214. The molecule has 1 aromatic heterocycles. The van der Waals surface area contributed by atoms with Crippen LogP contribution >= 0.6 is 27.7 Å². The van der Waals surface area contributed by atoms with Crippen LogP contribution in [0.25, 0.3) is 6.08 Å². The standard InChI is InChI=1S/C14H13BrN2O5S/c1-3-11-16-17-14(22-11)23-10(13(19)20)6-7-4-8(15)12(18)9(5-7)21-2/h4-6,18H,3H2,1-2H3,(H,19,20)/p-1/b10-6+. The van der Waals surface area contributed by atoms with Crippen LogP contribution in [-0.4, -0.2) is 28.4 Å². The predicted octanol–water partition coefficient (Wildman–Crippen LogP) is 2.69. The largest absolute Gasteiger partial charge is 0.869 e. The number of thioether (sulfide) groups is 1. The maximum Gasteiger partial charge on any atom is 0.342 e. The summed E-state index contributed by atoms with van der Waals surface area (Å²) in [5.74, 6) is -0.907. The molecule has 1 aromatic carbocycles. The first kappa shape index (κ1) is 17.4. The van der Waals surface area contributed by atoms with E-state index in [1.54, 1.807) is 0 Å². The van der Waals surface area contributed by atoms with Crippen LogP contribution in [0.4, 0.5) is 0 Å². The molecular weight excluding hydrogens is 388 g/mol. The van der Waals surface area contributed by atoms with Gasteiger partial charge < -0.3 is 19.4 Å². The van der Waals surface area contributed by atoms with Crippen LogP contribution in [0.3, 0.4) is 0 Å². The molecule has 0 spiro atoms. The quantitative estimate of drug-likeness (QED) is 0.583. The van der Waals surface area contributed by atoms with E-state index in [0.717, 1.165) is 11.8 Å². The van der Waals surface area contributed by atoms with E-state index in [4.69, 9.17) is 9.15 Å². The van der Waals surface area contributed by atoms with Crippen molar-refractivity contribution >= 4 is 39.7 Å². The zero-order valence-electron chi connectivity index (χ0n) is 12.2. The predicted molar refractivity (Wildman–Crippen MR) is 85.3 cm³/mol. The van der Waals surface area contributed by atoms with Crippen molar-refractivity contribution in [1.82, 2.24) is 10.2 Å². The first-order valence-corrected chi connectivity index (χ1v) is 8.05. The van der Waals surface area contributed by atoms with Crippen molar-refractivity contribution in [2.24, 2.45) is 0 Å². The number of halogens is 1. The normalized spacial score (nSPS) is 11.5. The molecule has 0 atom stereocenters.